The second kappa shape index (κ2) is 7.17. The van der Waals surface area contributed by atoms with Crippen molar-refractivity contribution in [3.05, 3.63) is 64.8 Å². The summed E-state index contributed by atoms with van der Waals surface area (Å²) in [5.74, 6) is -0.440. The second-order valence-electron chi connectivity index (χ2n) is 7.37. The summed E-state index contributed by atoms with van der Waals surface area (Å²) >= 11 is 11.7. The number of carboxylic acids is 1. The van der Waals surface area contributed by atoms with Gasteiger partial charge in [-0.1, -0.05) is 68.2 Å². The fourth-order valence-electron chi connectivity index (χ4n) is 4.30. The molecule has 0 radical (unpaired) electrons. The number of aromatic nitrogens is 1. The maximum atomic E-state index is 12.3. The van der Waals surface area contributed by atoms with Gasteiger partial charge in [-0.25, -0.2) is 4.98 Å². The first-order valence-electron chi connectivity index (χ1n) is 8.67. The van der Waals surface area contributed by atoms with Crippen molar-refractivity contribution >= 4 is 29.2 Å². The molecule has 0 bridgehead atoms. The number of carboxylic acid groups (broad SMARTS) is 1. The van der Waals surface area contributed by atoms with E-state index in [9.17, 15) is 9.90 Å². The van der Waals surface area contributed by atoms with Gasteiger partial charge in [0.25, 0.3) is 0 Å². The number of benzene rings is 1. The predicted molar refractivity (Wildman–Crippen MR) is 106 cm³/mol. The molecule has 0 amide bonds. The highest BCUT2D eigenvalue weighted by molar-refractivity contribution is 6.55. The third-order valence-electron chi connectivity index (χ3n) is 5.73. The maximum Gasteiger partial charge on any atom is 0.311 e. The molecular formula is C21H21Cl2NO3. The quantitative estimate of drug-likeness (QED) is 0.637. The molecule has 1 heterocycles. The molecule has 1 aromatic heterocycles. The van der Waals surface area contributed by atoms with Crippen molar-refractivity contribution in [2.45, 2.75) is 26.7 Å². The molecule has 1 aliphatic rings. The number of allylic oxidation sites excluding steroid dienone is 1. The molecule has 3 atom stereocenters. The van der Waals surface area contributed by atoms with Crippen molar-refractivity contribution in [2.75, 3.05) is 0 Å². The molecule has 4 nitrogen and oxygen atoms in total. The van der Waals surface area contributed by atoms with Crippen LogP contribution in [0.2, 0.25) is 0 Å². The Morgan fingerprint density at radius 1 is 1.19 bits per heavy atom. The fourth-order valence-corrected chi connectivity index (χ4v) is 4.55. The molecule has 0 aliphatic heterocycles. The first-order chi connectivity index (χ1) is 12.7. The van der Waals surface area contributed by atoms with E-state index in [-0.39, 0.29) is 16.3 Å². The number of nitrogens with zero attached hydrogens (tertiary/aromatic N) is 1. The van der Waals surface area contributed by atoms with Gasteiger partial charge in [0.2, 0.25) is 5.88 Å². The van der Waals surface area contributed by atoms with Gasteiger partial charge < -0.3 is 9.84 Å². The van der Waals surface area contributed by atoms with Crippen LogP contribution in [0.3, 0.4) is 0 Å². The molecule has 0 saturated heterocycles. The Bertz CT molecular complexity index is 878. The molecule has 1 fully saturated rings. The summed E-state index contributed by atoms with van der Waals surface area (Å²) in [6.07, 6.45) is 1.62. The number of halogens is 2. The van der Waals surface area contributed by atoms with E-state index in [1.807, 2.05) is 63.2 Å². The molecule has 6 heteroatoms. The van der Waals surface area contributed by atoms with Crippen LogP contribution in [0.25, 0.3) is 0 Å². The monoisotopic (exact) mass is 405 g/mol. The first-order valence-corrected chi connectivity index (χ1v) is 9.43. The van der Waals surface area contributed by atoms with Crippen LogP contribution in [0, 0.1) is 16.7 Å². The molecule has 1 unspecified atom stereocenters. The summed E-state index contributed by atoms with van der Waals surface area (Å²) in [5.41, 5.74) is -0.897. The van der Waals surface area contributed by atoms with Crippen LogP contribution in [0.5, 0.6) is 11.6 Å². The van der Waals surface area contributed by atoms with Gasteiger partial charge in [0, 0.05) is 23.6 Å². The summed E-state index contributed by atoms with van der Waals surface area (Å²) in [6.45, 7) is 5.71. The Kier molecular flexibility index (Phi) is 5.24. The van der Waals surface area contributed by atoms with E-state index >= 15 is 0 Å². The lowest BCUT2D eigenvalue weighted by molar-refractivity contribution is -0.146. The van der Waals surface area contributed by atoms with E-state index in [1.165, 1.54) is 0 Å². The fraction of sp³-hybridized carbons (Fsp3) is 0.333. The van der Waals surface area contributed by atoms with E-state index < -0.39 is 16.8 Å². The van der Waals surface area contributed by atoms with E-state index in [4.69, 9.17) is 27.9 Å². The van der Waals surface area contributed by atoms with Crippen molar-refractivity contribution in [1.82, 2.24) is 4.98 Å². The lowest BCUT2D eigenvalue weighted by Gasteiger charge is -2.23. The summed E-state index contributed by atoms with van der Waals surface area (Å²) in [7, 11) is 0. The zero-order valence-corrected chi connectivity index (χ0v) is 16.8. The Morgan fingerprint density at radius 3 is 2.44 bits per heavy atom. The van der Waals surface area contributed by atoms with E-state index in [1.54, 1.807) is 12.1 Å². The zero-order valence-electron chi connectivity index (χ0n) is 15.3. The number of ether oxygens (including phenoxy) is 1. The molecular weight excluding hydrogens is 385 g/mol. The van der Waals surface area contributed by atoms with Crippen molar-refractivity contribution in [3.8, 4) is 11.6 Å². The van der Waals surface area contributed by atoms with Crippen LogP contribution < -0.4 is 4.74 Å². The number of para-hydroxylation sites is 1. The van der Waals surface area contributed by atoms with Gasteiger partial charge in [-0.3, -0.25) is 4.79 Å². The molecule has 3 rings (SSSR count). The first kappa shape index (κ1) is 19.7. The van der Waals surface area contributed by atoms with Crippen LogP contribution >= 0.6 is 23.2 Å². The molecule has 0 spiro atoms. The standard InChI is InChI=1S/C21H21Cl2NO3/c1-13(21(19(25)26)16(12-17(22)23)20(21,2)3)15-10-7-11-18(24-15)27-14-8-5-4-6-9-14/h4-13,16H,1-3H3,(H,25,26)/t13?,16-,21+/m1/s1. The third-order valence-corrected chi connectivity index (χ3v) is 5.99. The van der Waals surface area contributed by atoms with Crippen molar-refractivity contribution in [3.63, 3.8) is 0 Å². The van der Waals surface area contributed by atoms with Crippen LogP contribution in [0.4, 0.5) is 0 Å². The van der Waals surface area contributed by atoms with E-state index in [0.29, 0.717) is 17.3 Å². The van der Waals surface area contributed by atoms with E-state index in [0.717, 1.165) is 0 Å². The molecule has 1 N–H and O–H groups in total. The SMILES string of the molecule is CC(c1cccc(Oc2ccccc2)n1)[C@@]1(C(=O)O)[C@H](C=C(Cl)Cl)C1(C)C. The van der Waals surface area contributed by atoms with Gasteiger partial charge in [0.05, 0.1) is 5.41 Å². The average molecular weight is 406 g/mol. The van der Waals surface area contributed by atoms with Gasteiger partial charge in [-0.15, -0.1) is 0 Å². The third kappa shape index (κ3) is 3.32. The number of hydrogen-bond donors (Lipinski definition) is 1. The lowest BCUT2D eigenvalue weighted by atomic mass is 9.81. The number of pyridine rings is 1. The van der Waals surface area contributed by atoms with Gasteiger partial charge in [0.1, 0.15) is 10.2 Å². The molecule has 27 heavy (non-hydrogen) atoms. The van der Waals surface area contributed by atoms with Crippen molar-refractivity contribution in [2.24, 2.45) is 16.7 Å². The lowest BCUT2D eigenvalue weighted by Crippen LogP contribution is -2.28. The van der Waals surface area contributed by atoms with Gasteiger partial charge in [0.15, 0.2) is 0 Å². The minimum atomic E-state index is -1.04. The minimum Gasteiger partial charge on any atom is -0.481 e. The average Bonchev–Trinajstić information content (AvgIpc) is 3.10. The topological polar surface area (TPSA) is 59.4 Å². The Morgan fingerprint density at radius 2 is 1.85 bits per heavy atom. The Labute approximate surface area is 168 Å². The van der Waals surface area contributed by atoms with Crippen LogP contribution in [-0.4, -0.2) is 16.1 Å². The van der Waals surface area contributed by atoms with Gasteiger partial charge >= 0.3 is 5.97 Å². The molecule has 142 valence electrons. The van der Waals surface area contributed by atoms with Gasteiger partial charge in [-0.05, 0) is 29.7 Å². The van der Waals surface area contributed by atoms with E-state index in [2.05, 4.69) is 4.98 Å². The normalized spacial score (nSPS) is 24.0. The second-order valence-corrected chi connectivity index (χ2v) is 8.38. The summed E-state index contributed by atoms with van der Waals surface area (Å²) in [5, 5.41) is 10.1. The van der Waals surface area contributed by atoms with Crippen molar-refractivity contribution < 1.29 is 14.6 Å². The highest BCUT2D eigenvalue weighted by Crippen LogP contribution is 2.75. The van der Waals surface area contributed by atoms with Crippen LogP contribution in [-0.2, 0) is 4.79 Å². The molecule has 1 aliphatic carbocycles. The number of aliphatic carboxylic acids is 1. The highest BCUT2D eigenvalue weighted by atomic mass is 35.5. The molecule has 2 aromatic rings. The summed E-state index contributed by atoms with van der Waals surface area (Å²) < 4.78 is 5.87. The largest absolute Gasteiger partial charge is 0.481 e. The Hall–Kier alpha value is -2.04. The summed E-state index contributed by atoms with van der Waals surface area (Å²) in [6, 6.07) is 14.7. The smallest absolute Gasteiger partial charge is 0.311 e. The molecule has 1 aromatic carbocycles. The van der Waals surface area contributed by atoms with Crippen LogP contribution in [0.15, 0.2) is 59.1 Å². The Balaban J connectivity index is 1.95. The number of hydrogen-bond acceptors (Lipinski definition) is 3. The summed E-state index contributed by atoms with van der Waals surface area (Å²) in [4.78, 5) is 16.9. The number of carbonyl (C=O) groups is 1. The molecule has 1 saturated carbocycles. The van der Waals surface area contributed by atoms with Gasteiger partial charge in [-0.2, -0.15) is 0 Å². The van der Waals surface area contributed by atoms with Crippen molar-refractivity contribution in [1.29, 1.82) is 0 Å². The zero-order chi connectivity index (χ0) is 19.8. The predicted octanol–water partition coefficient (Wildman–Crippen LogP) is 6.02. The minimum absolute atomic E-state index is 0.0810. The maximum absolute atomic E-state index is 12.3. The highest BCUT2D eigenvalue weighted by Gasteiger charge is 2.77. The number of rotatable bonds is 6. The van der Waals surface area contributed by atoms with Crippen LogP contribution in [0.1, 0.15) is 32.4 Å².